The number of fused-ring (bicyclic) bond motifs is 1. The summed E-state index contributed by atoms with van der Waals surface area (Å²) in [5.41, 5.74) is 0. The molecule has 2 aromatic rings. The molecule has 2 aliphatic rings. The van der Waals surface area contributed by atoms with Gasteiger partial charge in [0.15, 0.2) is 9.84 Å². The number of hydrogen-bond donors (Lipinski definition) is 0. The van der Waals surface area contributed by atoms with E-state index in [0.717, 1.165) is 10.1 Å². The molecule has 5 nitrogen and oxygen atoms in total. The second kappa shape index (κ2) is 6.34. The van der Waals surface area contributed by atoms with Crippen LogP contribution in [-0.2, 0) is 9.84 Å². The molecule has 4 rings (SSSR count). The standard InChI is InChI=1S/C17H19FN2O3S2/c18-13-2-1-12-9-16(24-15(12)10-13)17(21)20-6-4-19(5-7-20)14-3-8-25(22,23)11-14/h1-2,9-10,14H,3-8,11H2/t14-/m1/s1. The summed E-state index contributed by atoms with van der Waals surface area (Å²) in [5, 5.41) is 0.879. The number of benzene rings is 1. The van der Waals surface area contributed by atoms with E-state index >= 15 is 0 Å². The lowest BCUT2D eigenvalue weighted by molar-refractivity contribution is 0.0592. The Bertz CT molecular complexity index is 917. The van der Waals surface area contributed by atoms with Gasteiger partial charge in [0.25, 0.3) is 5.91 Å². The van der Waals surface area contributed by atoms with E-state index in [4.69, 9.17) is 0 Å². The molecule has 0 aliphatic carbocycles. The van der Waals surface area contributed by atoms with Gasteiger partial charge in [-0.15, -0.1) is 11.3 Å². The molecule has 134 valence electrons. The van der Waals surface area contributed by atoms with Crippen LogP contribution in [0.1, 0.15) is 16.1 Å². The predicted molar refractivity (Wildman–Crippen MR) is 96.3 cm³/mol. The molecule has 8 heteroatoms. The van der Waals surface area contributed by atoms with Crippen LogP contribution in [0.5, 0.6) is 0 Å². The van der Waals surface area contributed by atoms with Crippen molar-refractivity contribution in [2.75, 3.05) is 37.7 Å². The van der Waals surface area contributed by atoms with Gasteiger partial charge in [0, 0.05) is 36.9 Å². The third-order valence-corrected chi connectivity index (χ3v) is 7.86. The van der Waals surface area contributed by atoms with Crippen LogP contribution in [0.15, 0.2) is 24.3 Å². The van der Waals surface area contributed by atoms with E-state index in [2.05, 4.69) is 4.90 Å². The van der Waals surface area contributed by atoms with Crippen molar-refractivity contribution in [3.05, 3.63) is 35.0 Å². The summed E-state index contributed by atoms with van der Waals surface area (Å²) in [7, 11) is -2.89. The van der Waals surface area contributed by atoms with Crippen molar-refractivity contribution in [3.8, 4) is 0 Å². The van der Waals surface area contributed by atoms with Crippen LogP contribution < -0.4 is 0 Å². The van der Waals surface area contributed by atoms with Gasteiger partial charge in [0.1, 0.15) is 5.82 Å². The second-order valence-electron chi connectivity index (χ2n) is 6.68. The zero-order valence-corrected chi connectivity index (χ0v) is 15.3. The normalized spacial score (nSPS) is 24.0. The smallest absolute Gasteiger partial charge is 0.264 e. The van der Waals surface area contributed by atoms with Crippen molar-refractivity contribution < 1.29 is 17.6 Å². The molecule has 2 aliphatic heterocycles. The van der Waals surface area contributed by atoms with Crippen molar-refractivity contribution in [3.63, 3.8) is 0 Å². The fraction of sp³-hybridized carbons (Fsp3) is 0.471. The number of sulfone groups is 1. The van der Waals surface area contributed by atoms with E-state index < -0.39 is 9.84 Å². The molecular formula is C17H19FN2O3S2. The molecule has 3 heterocycles. The van der Waals surface area contributed by atoms with Crippen LogP contribution in [0.25, 0.3) is 10.1 Å². The highest BCUT2D eigenvalue weighted by Gasteiger charge is 2.34. The zero-order valence-electron chi connectivity index (χ0n) is 13.7. The average Bonchev–Trinajstić information content (AvgIpc) is 3.17. The fourth-order valence-electron chi connectivity index (χ4n) is 3.62. The van der Waals surface area contributed by atoms with Gasteiger partial charge in [-0.05, 0) is 30.0 Å². The van der Waals surface area contributed by atoms with Gasteiger partial charge in [-0.25, -0.2) is 12.8 Å². The lowest BCUT2D eigenvalue weighted by Gasteiger charge is -2.37. The summed E-state index contributed by atoms with van der Waals surface area (Å²) in [6.07, 6.45) is 0.693. The Kier molecular flexibility index (Phi) is 4.29. The largest absolute Gasteiger partial charge is 0.335 e. The first-order valence-electron chi connectivity index (χ1n) is 8.34. The van der Waals surface area contributed by atoms with E-state index in [-0.39, 0.29) is 29.3 Å². The number of piperazine rings is 1. The molecule has 0 N–H and O–H groups in total. The molecule has 2 fully saturated rings. The molecule has 0 spiro atoms. The highest BCUT2D eigenvalue weighted by atomic mass is 32.2. The maximum absolute atomic E-state index is 13.3. The Morgan fingerprint density at radius 3 is 2.60 bits per heavy atom. The Hall–Kier alpha value is -1.51. The molecule has 1 amide bonds. The van der Waals surface area contributed by atoms with Gasteiger partial charge in [-0.1, -0.05) is 6.07 Å². The second-order valence-corrected chi connectivity index (χ2v) is 9.99. The third kappa shape index (κ3) is 3.43. The van der Waals surface area contributed by atoms with Crippen LogP contribution in [0.4, 0.5) is 4.39 Å². The van der Waals surface area contributed by atoms with E-state index in [0.29, 0.717) is 37.5 Å². The minimum Gasteiger partial charge on any atom is -0.335 e. The Balaban J connectivity index is 1.42. The summed E-state index contributed by atoms with van der Waals surface area (Å²) >= 11 is 1.31. The highest BCUT2D eigenvalue weighted by Crippen LogP contribution is 2.28. The summed E-state index contributed by atoms with van der Waals surface area (Å²) in [6, 6.07) is 6.45. The maximum Gasteiger partial charge on any atom is 0.264 e. The maximum atomic E-state index is 13.3. The Morgan fingerprint density at radius 2 is 1.92 bits per heavy atom. The lowest BCUT2D eigenvalue weighted by Crippen LogP contribution is -2.52. The monoisotopic (exact) mass is 382 g/mol. The molecule has 0 saturated carbocycles. The van der Waals surface area contributed by atoms with Crippen LogP contribution >= 0.6 is 11.3 Å². The first-order chi connectivity index (χ1) is 11.9. The van der Waals surface area contributed by atoms with E-state index in [1.54, 1.807) is 11.0 Å². The van der Waals surface area contributed by atoms with Gasteiger partial charge in [0.2, 0.25) is 0 Å². The van der Waals surface area contributed by atoms with Crippen LogP contribution in [-0.4, -0.2) is 67.9 Å². The van der Waals surface area contributed by atoms with Gasteiger partial charge in [-0.2, -0.15) is 0 Å². The minimum absolute atomic E-state index is 0.0275. The zero-order chi connectivity index (χ0) is 17.6. The summed E-state index contributed by atoms with van der Waals surface area (Å²) in [6.45, 7) is 2.59. The number of halogens is 1. The Morgan fingerprint density at radius 1 is 1.16 bits per heavy atom. The van der Waals surface area contributed by atoms with Gasteiger partial charge in [-0.3, -0.25) is 9.69 Å². The molecule has 25 heavy (non-hydrogen) atoms. The van der Waals surface area contributed by atoms with Gasteiger partial charge in [0.05, 0.1) is 16.4 Å². The van der Waals surface area contributed by atoms with Crippen LogP contribution in [0.2, 0.25) is 0 Å². The number of rotatable bonds is 2. The van der Waals surface area contributed by atoms with Crippen molar-refractivity contribution in [1.29, 1.82) is 0 Å². The third-order valence-electron chi connectivity index (χ3n) is 5.02. The summed E-state index contributed by atoms with van der Waals surface area (Å²) in [4.78, 5) is 17.3. The van der Waals surface area contributed by atoms with E-state index in [1.165, 1.54) is 23.5 Å². The van der Waals surface area contributed by atoms with Gasteiger partial charge >= 0.3 is 0 Å². The molecule has 1 aromatic heterocycles. The predicted octanol–water partition coefficient (Wildman–Crippen LogP) is 1.99. The quantitative estimate of drug-likeness (QED) is 0.797. The number of hydrogen-bond acceptors (Lipinski definition) is 5. The number of nitrogens with zero attached hydrogens (tertiary/aromatic N) is 2. The molecular weight excluding hydrogens is 363 g/mol. The van der Waals surface area contributed by atoms with E-state index in [1.807, 2.05) is 6.07 Å². The average molecular weight is 382 g/mol. The van der Waals surface area contributed by atoms with E-state index in [9.17, 15) is 17.6 Å². The topological polar surface area (TPSA) is 57.7 Å². The summed E-state index contributed by atoms with van der Waals surface area (Å²) < 4.78 is 37.4. The first-order valence-corrected chi connectivity index (χ1v) is 11.0. The first kappa shape index (κ1) is 16.9. The molecule has 1 aromatic carbocycles. The molecule has 0 radical (unpaired) electrons. The molecule has 1 atom stereocenters. The molecule has 2 saturated heterocycles. The molecule has 0 unspecified atom stereocenters. The van der Waals surface area contributed by atoms with Crippen molar-refractivity contribution >= 4 is 37.2 Å². The van der Waals surface area contributed by atoms with Gasteiger partial charge < -0.3 is 4.90 Å². The fourth-order valence-corrected chi connectivity index (χ4v) is 6.44. The number of amides is 1. The Labute approximate surface area is 149 Å². The summed E-state index contributed by atoms with van der Waals surface area (Å²) in [5.74, 6) is 0.187. The molecule has 0 bridgehead atoms. The van der Waals surface area contributed by atoms with Crippen molar-refractivity contribution in [2.45, 2.75) is 12.5 Å². The van der Waals surface area contributed by atoms with Crippen LogP contribution in [0.3, 0.4) is 0 Å². The number of thiophene rings is 1. The highest BCUT2D eigenvalue weighted by molar-refractivity contribution is 7.91. The number of carbonyl (C=O) groups excluding carboxylic acids is 1. The number of carbonyl (C=O) groups is 1. The SMILES string of the molecule is O=C(c1cc2ccc(F)cc2s1)N1CCN([C@@H]2CCS(=O)(=O)C2)CC1. The lowest BCUT2D eigenvalue weighted by atomic mass is 10.2. The van der Waals surface area contributed by atoms with Crippen molar-refractivity contribution in [1.82, 2.24) is 9.80 Å². The van der Waals surface area contributed by atoms with Crippen molar-refractivity contribution in [2.24, 2.45) is 0 Å². The minimum atomic E-state index is -2.89. The van der Waals surface area contributed by atoms with Crippen LogP contribution in [0, 0.1) is 5.82 Å².